The highest BCUT2D eigenvalue weighted by atomic mass is 79.9. The first-order valence-corrected chi connectivity index (χ1v) is 4.43. The quantitative estimate of drug-likeness (QED) is 0.671. The Balaban J connectivity index is 3.15. The first kappa shape index (κ1) is 12.2. The van der Waals surface area contributed by atoms with Gasteiger partial charge in [-0.1, -0.05) is 15.9 Å². The number of nitrogens with two attached hydrogens (primary N) is 1. The summed E-state index contributed by atoms with van der Waals surface area (Å²) < 4.78 is 51.9. The Kier molecular flexibility index (Phi) is 3.50. The monoisotopic (exact) mass is 288 g/mol. The molecule has 0 aromatic carbocycles. The van der Waals surface area contributed by atoms with Crippen molar-refractivity contribution in [1.82, 2.24) is 4.98 Å². The zero-order valence-electron chi connectivity index (χ0n) is 7.11. The van der Waals surface area contributed by atoms with E-state index in [9.17, 15) is 17.6 Å². The van der Waals surface area contributed by atoms with E-state index in [1.165, 1.54) is 0 Å². The molecule has 0 spiro atoms. The molecule has 1 heterocycles. The molecule has 0 aliphatic rings. The van der Waals surface area contributed by atoms with Crippen LogP contribution in [0.5, 0.6) is 5.88 Å². The average Bonchev–Trinajstić information content (AvgIpc) is 1.99. The normalized spacial score (nSPS) is 11.6. The summed E-state index contributed by atoms with van der Waals surface area (Å²) in [5.74, 6) is -1.96. The first-order valence-electron chi connectivity index (χ1n) is 3.64. The molecule has 3 nitrogen and oxygen atoms in total. The standard InChI is InChI=1S/C7H5BrF4N2O/c8-4-1-5(9)14-6(3(4)2-13)15-7(10,11)12/h1H,2,13H2. The van der Waals surface area contributed by atoms with E-state index in [1.807, 2.05) is 0 Å². The van der Waals surface area contributed by atoms with Crippen LogP contribution in [0.4, 0.5) is 17.6 Å². The Labute approximate surface area is 90.4 Å². The lowest BCUT2D eigenvalue weighted by Gasteiger charge is -2.12. The Morgan fingerprint density at radius 3 is 2.53 bits per heavy atom. The van der Waals surface area contributed by atoms with Crippen LogP contribution >= 0.6 is 15.9 Å². The zero-order valence-corrected chi connectivity index (χ0v) is 8.69. The van der Waals surface area contributed by atoms with Crippen molar-refractivity contribution >= 4 is 15.9 Å². The van der Waals surface area contributed by atoms with Crippen LogP contribution in [0.3, 0.4) is 0 Å². The summed E-state index contributed by atoms with van der Waals surface area (Å²) in [7, 11) is 0. The van der Waals surface area contributed by atoms with Gasteiger partial charge in [-0.05, 0) is 0 Å². The van der Waals surface area contributed by atoms with Crippen molar-refractivity contribution in [3.8, 4) is 5.88 Å². The molecule has 0 amide bonds. The van der Waals surface area contributed by atoms with Gasteiger partial charge >= 0.3 is 6.36 Å². The van der Waals surface area contributed by atoms with Crippen molar-refractivity contribution in [2.75, 3.05) is 0 Å². The predicted octanol–water partition coefficient (Wildman–Crippen LogP) is 2.34. The van der Waals surface area contributed by atoms with E-state index in [0.717, 1.165) is 6.07 Å². The van der Waals surface area contributed by atoms with Crippen molar-refractivity contribution in [3.63, 3.8) is 0 Å². The predicted molar refractivity (Wildman–Crippen MR) is 46.5 cm³/mol. The van der Waals surface area contributed by atoms with E-state index < -0.39 is 18.2 Å². The number of halogens is 5. The maximum Gasteiger partial charge on any atom is 0.574 e. The van der Waals surface area contributed by atoms with E-state index in [0.29, 0.717) is 0 Å². The molecule has 1 rings (SSSR count). The Morgan fingerprint density at radius 2 is 2.07 bits per heavy atom. The molecule has 1 aromatic rings. The van der Waals surface area contributed by atoms with Crippen LogP contribution in [-0.2, 0) is 6.54 Å². The van der Waals surface area contributed by atoms with Crippen molar-refractivity contribution in [1.29, 1.82) is 0 Å². The van der Waals surface area contributed by atoms with Crippen molar-refractivity contribution < 1.29 is 22.3 Å². The van der Waals surface area contributed by atoms with Crippen LogP contribution in [0.1, 0.15) is 5.56 Å². The molecule has 8 heteroatoms. The minimum Gasteiger partial charge on any atom is -0.387 e. The van der Waals surface area contributed by atoms with E-state index in [-0.39, 0.29) is 16.6 Å². The van der Waals surface area contributed by atoms with Crippen molar-refractivity contribution in [2.24, 2.45) is 5.73 Å². The second-order valence-electron chi connectivity index (χ2n) is 2.46. The molecular weight excluding hydrogens is 284 g/mol. The summed E-state index contributed by atoms with van der Waals surface area (Å²) in [6, 6.07) is 0.908. The topological polar surface area (TPSA) is 48.1 Å². The highest BCUT2D eigenvalue weighted by Crippen LogP contribution is 2.29. The fourth-order valence-corrected chi connectivity index (χ4v) is 1.39. The molecule has 0 saturated carbocycles. The summed E-state index contributed by atoms with van der Waals surface area (Å²) in [6.45, 7) is -0.251. The lowest BCUT2D eigenvalue weighted by Crippen LogP contribution is -2.20. The summed E-state index contributed by atoms with van der Waals surface area (Å²) in [5.41, 5.74) is 5.13. The van der Waals surface area contributed by atoms with Crippen LogP contribution in [-0.4, -0.2) is 11.3 Å². The molecule has 0 aliphatic carbocycles. The Hall–Kier alpha value is -0.890. The van der Waals surface area contributed by atoms with Gasteiger partial charge in [-0.25, -0.2) is 0 Å². The molecule has 0 aliphatic heterocycles. The maximum atomic E-state index is 12.7. The van der Waals surface area contributed by atoms with Gasteiger partial charge in [0.1, 0.15) is 0 Å². The second kappa shape index (κ2) is 4.31. The van der Waals surface area contributed by atoms with Gasteiger partial charge in [0.15, 0.2) is 0 Å². The van der Waals surface area contributed by atoms with E-state index in [1.54, 1.807) is 0 Å². The SMILES string of the molecule is NCc1c(Br)cc(F)nc1OC(F)(F)F. The molecule has 0 unspecified atom stereocenters. The van der Waals surface area contributed by atoms with Crippen LogP contribution < -0.4 is 10.5 Å². The van der Waals surface area contributed by atoms with Gasteiger partial charge < -0.3 is 10.5 Å². The van der Waals surface area contributed by atoms with Gasteiger partial charge in [0.2, 0.25) is 11.8 Å². The van der Waals surface area contributed by atoms with Gasteiger partial charge in [0.05, 0.1) is 0 Å². The minimum atomic E-state index is -4.93. The molecule has 84 valence electrons. The Morgan fingerprint density at radius 1 is 1.47 bits per heavy atom. The molecule has 1 aromatic heterocycles. The lowest BCUT2D eigenvalue weighted by molar-refractivity contribution is -0.276. The number of pyridine rings is 1. The molecule has 0 atom stereocenters. The highest BCUT2D eigenvalue weighted by Gasteiger charge is 2.33. The van der Waals surface area contributed by atoms with Gasteiger partial charge in [-0.15, -0.1) is 13.2 Å². The molecule has 0 radical (unpaired) electrons. The molecular formula is C7H5BrF4N2O. The summed E-state index contributed by atoms with van der Waals surface area (Å²) in [6.07, 6.45) is -4.93. The zero-order chi connectivity index (χ0) is 11.6. The van der Waals surface area contributed by atoms with E-state index in [4.69, 9.17) is 5.73 Å². The summed E-state index contributed by atoms with van der Waals surface area (Å²) in [4.78, 5) is 2.97. The smallest absolute Gasteiger partial charge is 0.387 e. The summed E-state index contributed by atoms with van der Waals surface area (Å²) in [5, 5.41) is 0. The summed E-state index contributed by atoms with van der Waals surface area (Å²) >= 11 is 2.86. The number of rotatable bonds is 2. The molecule has 15 heavy (non-hydrogen) atoms. The van der Waals surface area contributed by atoms with E-state index >= 15 is 0 Å². The van der Waals surface area contributed by atoms with Gasteiger partial charge in [-0.2, -0.15) is 9.37 Å². The third-order valence-electron chi connectivity index (χ3n) is 1.42. The van der Waals surface area contributed by atoms with Crippen LogP contribution in [0, 0.1) is 5.95 Å². The molecule has 2 N–H and O–H groups in total. The highest BCUT2D eigenvalue weighted by molar-refractivity contribution is 9.10. The minimum absolute atomic E-state index is 0.0475. The van der Waals surface area contributed by atoms with Gasteiger partial charge in [-0.3, -0.25) is 0 Å². The number of alkyl halides is 3. The third-order valence-corrected chi connectivity index (χ3v) is 2.12. The fraction of sp³-hybridized carbons (Fsp3) is 0.286. The number of hydrogen-bond donors (Lipinski definition) is 1. The lowest BCUT2D eigenvalue weighted by atomic mass is 10.3. The average molecular weight is 289 g/mol. The molecule has 0 fully saturated rings. The van der Waals surface area contributed by atoms with Crippen LogP contribution in [0.2, 0.25) is 0 Å². The number of ether oxygens (including phenoxy) is 1. The van der Waals surface area contributed by atoms with Crippen molar-refractivity contribution in [3.05, 3.63) is 22.1 Å². The number of hydrogen-bond acceptors (Lipinski definition) is 3. The largest absolute Gasteiger partial charge is 0.574 e. The van der Waals surface area contributed by atoms with Gasteiger partial charge in [0, 0.05) is 22.6 Å². The van der Waals surface area contributed by atoms with Crippen molar-refractivity contribution in [2.45, 2.75) is 12.9 Å². The number of aromatic nitrogens is 1. The van der Waals surface area contributed by atoms with Crippen LogP contribution in [0.25, 0.3) is 0 Å². The van der Waals surface area contributed by atoms with Gasteiger partial charge in [0.25, 0.3) is 0 Å². The molecule has 0 bridgehead atoms. The number of nitrogens with zero attached hydrogens (tertiary/aromatic N) is 1. The Bertz CT molecular complexity index is 369. The van der Waals surface area contributed by atoms with Crippen LogP contribution in [0.15, 0.2) is 10.5 Å². The maximum absolute atomic E-state index is 12.7. The second-order valence-corrected chi connectivity index (χ2v) is 3.32. The van der Waals surface area contributed by atoms with E-state index in [2.05, 4.69) is 25.7 Å². The first-order chi connectivity index (χ1) is 6.83. The third kappa shape index (κ3) is 3.31. The molecule has 0 saturated heterocycles. The fourth-order valence-electron chi connectivity index (χ4n) is 0.869.